The largest absolute Gasteiger partial charge is 0.463 e. The van der Waals surface area contributed by atoms with Gasteiger partial charge in [0.2, 0.25) is 0 Å². The molecule has 6 nitrogen and oxygen atoms in total. The number of esters is 1. The monoisotopic (exact) mass is 357 g/mol. The number of carbonyl (C=O) groups excluding carboxylic acids is 2. The van der Waals surface area contributed by atoms with Crippen molar-refractivity contribution < 1.29 is 14.3 Å². The zero-order chi connectivity index (χ0) is 18.5. The number of nitrogens with zero attached hydrogens (tertiary/aromatic N) is 1. The minimum atomic E-state index is -0.367. The van der Waals surface area contributed by atoms with Crippen LogP contribution in [0.3, 0.4) is 0 Å². The van der Waals surface area contributed by atoms with E-state index in [1.165, 1.54) is 18.4 Å². The van der Waals surface area contributed by atoms with Gasteiger partial charge in [0.25, 0.3) is 0 Å². The number of hydrogen-bond acceptors (Lipinski definition) is 4. The van der Waals surface area contributed by atoms with Gasteiger partial charge in [-0.3, -0.25) is 4.90 Å². The number of rotatable bonds is 8. The highest BCUT2D eigenvalue weighted by Gasteiger charge is 2.34. The summed E-state index contributed by atoms with van der Waals surface area (Å²) in [5.74, 6) is 0.316. The second-order valence-corrected chi connectivity index (χ2v) is 6.95. The highest BCUT2D eigenvalue weighted by molar-refractivity contribution is 5.93. The van der Waals surface area contributed by atoms with Crippen molar-refractivity contribution in [2.75, 3.05) is 19.7 Å². The van der Waals surface area contributed by atoms with Crippen molar-refractivity contribution in [3.05, 3.63) is 47.2 Å². The smallest absolute Gasteiger partial charge is 0.337 e. The molecular formula is C20H27N3O3. The SMILES string of the molecule is CCOC(=O)C1=C(CN(Cc2ccccc2)C(C)C2CC2)NC(=O)NC1. The van der Waals surface area contributed by atoms with E-state index in [2.05, 4.69) is 34.6 Å². The van der Waals surface area contributed by atoms with E-state index < -0.39 is 0 Å². The molecule has 6 heteroatoms. The highest BCUT2D eigenvalue weighted by Crippen LogP contribution is 2.36. The maximum atomic E-state index is 12.3. The predicted molar refractivity (Wildman–Crippen MR) is 99.2 cm³/mol. The Morgan fingerprint density at radius 1 is 1.27 bits per heavy atom. The van der Waals surface area contributed by atoms with E-state index in [0.717, 1.165) is 6.54 Å². The third-order valence-corrected chi connectivity index (χ3v) is 5.05. The molecule has 0 spiro atoms. The molecule has 0 saturated heterocycles. The number of hydrogen-bond donors (Lipinski definition) is 2. The van der Waals surface area contributed by atoms with Gasteiger partial charge >= 0.3 is 12.0 Å². The van der Waals surface area contributed by atoms with Crippen molar-refractivity contribution in [2.24, 2.45) is 5.92 Å². The normalized spacial score (nSPS) is 18.3. The number of ether oxygens (including phenoxy) is 1. The van der Waals surface area contributed by atoms with Gasteiger partial charge in [-0.2, -0.15) is 0 Å². The van der Waals surface area contributed by atoms with Gasteiger partial charge in [-0.25, -0.2) is 9.59 Å². The lowest BCUT2D eigenvalue weighted by Crippen LogP contribution is -2.48. The number of nitrogens with one attached hydrogen (secondary N) is 2. The molecule has 0 radical (unpaired) electrons. The van der Waals surface area contributed by atoms with Crippen LogP contribution in [0.15, 0.2) is 41.6 Å². The molecule has 2 amide bonds. The number of carbonyl (C=O) groups is 2. The van der Waals surface area contributed by atoms with E-state index in [4.69, 9.17) is 4.74 Å². The van der Waals surface area contributed by atoms with Crippen molar-refractivity contribution in [3.8, 4) is 0 Å². The second-order valence-electron chi connectivity index (χ2n) is 6.95. The Morgan fingerprint density at radius 3 is 2.65 bits per heavy atom. The molecule has 1 fully saturated rings. The fourth-order valence-electron chi connectivity index (χ4n) is 3.32. The topological polar surface area (TPSA) is 70.7 Å². The molecule has 3 rings (SSSR count). The van der Waals surface area contributed by atoms with Crippen LogP contribution in [0.5, 0.6) is 0 Å². The molecule has 140 valence electrons. The van der Waals surface area contributed by atoms with Crippen molar-refractivity contribution in [1.29, 1.82) is 0 Å². The Balaban J connectivity index is 1.82. The first-order valence-corrected chi connectivity index (χ1v) is 9.30. The van der Waals surface area contributed by atoms with Gasteiger partial charge in [-0.1, -0.05) is 30.3 Å². The molecule has 2 aliphatic rings. The number of amides is 2. The summed E-state index contributed by atoms with van der Waals surface area (Å²) in [5, 5.41) is 5.48. The summed E-state index contributed by atoms with van der Waals surface area (Å²) < 4.78 is 5.16. The maximum absolute atomic E-state index is 12.3. The van der Waals surface area contributed by atoms with Gasteiger partial charge < -0.3 is 15.4 Å². The molecular weight excluding hydrogens is 330 g/mol. The lowest BCUT2D eigenvalue weighted by molar-refractivity contribution is -0.138. The predicted octanol–water partition coefficient (Wildman–Crippen LogP) is 2.42. The van der Waals surface area contributed by atoms with E-state index in [1.54, 1.807) is 6.92 Å². The molecule has 26 heavy (non-hydrogen) atoms. The van der Waals surface area contributed by atoms with E-state index in [9.17, 15) is 9.59 Å². The highest BCUT2D eigenvalue weighted by atomic mass is 16.5. The lowest BCUT2D eigenvalue weighted by Gasteiger charge is -2.32. The molecule has 1 atom stereocenters. The molecule has 0 aromatic heterocycles. The molecule has 0 bridgehead atoms. The molecule has 1 saturated carbocycles. The second kappa shape index (κ2) is 8.36. The Morgan fingerprint density at radius 2 is 2.00 bits per heavy atom. The van der Waals surface area contributed by atoms with Crippen LogP contribution in [0, 0.1) is 5.92 Å². The molecule has 2 N–H and O–H groups in total. The van der Waals surface area contributed by atoms with Gasteiger partial charge in [-0.15, -0.1) is 0 Å². The van der Waals surface area contributed by atoms with Crippen LogP contribution in [0.1, 0.15) is 32.3 Å². The third-order valence-electron chi connectivity index (χ3n) is 5.05. The van der Waals surface area contributed by atoms with Crippen LogP contribution in [0.2, 0.25) is 0 Å². The van der Waals surface area contributed by atoms with Crippen LogP contribution in [0.25, 0.3) is 0 Å². The van der Waals surface area contributed by atoms with E-state index >= 15 is 0 Å². The van der Waals surface area contributed by atoms with Crippen LogP contribution in [0.4, 0.5) is 4.79 Å². The lowest BCUT2D eigenvalue weighted by atomic mass is 10.1. The van der Waals surface area contributed by atoms with Crippen molar-refractivity contribution >= 4 is 12.0 Å². The molecule has 1 heterocycles. The fraction of sp³-hybridized carbons (Fsp3) is 0.500. The molecule has 1 aliphatic carbocycles. The van der Waals surface area contributed by atoms with Crippen LogP contribution in [-0.4, -0.2) is 42.6 Å². The fourth-order valence-corrected chi connectivity index (χ4v) is 3.32. The average Bonchev–Trinajstić information content (AvgIpc) is 3.47. The quantitative estimate of drug-likeness (QED) is 0.701. The summed E-state index contributed by atoms with van der Waals surface area (Å²) in [6, 6.07) is 10.4. The van der Waals surface area contributed by atoms with Gasteiger partial charge in [0, 0.05) is 24.8 Å². The first-order valence-electron chi connectivity index (χ1n) is 9.30. The van der Waals surface area contributed by atoms with Gasteiger partial charge in [0.05, 0.1) is 18.7 Å². The Hall–Kier alpha value is -2.34. The Labute approximate surface area is 154 Å². The maximum Gasteiger partial charge on any atom is 0.337 e. The van der Waals surface area contributed by atoms with Gasteiger partial charge in [0.1, 0.15) is 0 Å². The standard InChI is InChI=1S/C20H27N3O3/c1-3-26-19(24)17-11-21-20(25)22-18(17)13-23(14(2)16-9-10-16)12-15-7-5-4-6-8-15/h4-8,14,16H,3,9-13H2,1-2H3,(H2,21,22,25). The van der Waals surface area contributed by atoms with Crippen molar-refractivity contribution in [2.45, 2.75) is 39.3 Å². The Bertz CT molecular complexity index is 683. The van der Waals surface area contributed by atoms with Gasteiger partial charge in [0.15, 0.2) is 0 Å². The van der Waals surface area contributed by atoms with Crippen molar-refractivity contribution in [1.82, 2.24) is 15.5 Å². The first kappa shape index (κ1) is 18.5. The summed E-state index contributed by atoms with van der Waals surface area (Å²) in [6.45, 7) is 5.83. The zero-order valence-electron chi connectivity index (χ0n) is 15.5. The summed E-state index contributed by atoms with van der Waals surface area (Å²) in [7, 11) is 0. The van der Waals surface area contributed by atoms with Gasteiger partial charge in [-0.05, 0) is 38.2 Å². The van der Waals surface area contributed by atoms with Crippen LogP contribution >= 0.6 is 0 Å². The molecule has 1 aliphatic heterocycles. The van der Waals surface area contributed by atoms with Crippen molar-refractivity contribution in [3.63, 3.8) is 0 Å². The average molecular weight is 357 g/mol. The zero-order valence-corrected chi connectivity index (χ0v) is 15.5. The third kappa shape index (κ3) is 4.64. The van der Waals surface area contributed by atoms with Crippen LogP contribution < -0.4 is 10.6 Å². The number of benzene rings is 1. The first-order chi connectivity index (χ1) is 12.6. The molecule has 1 aromatic rings. The molecule has 1 unspecified atom stereocenters. The number of urea groups is 1. The summed E-state index contributed by atoms with van der Waals surface area (Å²) >= 11 is 0. The summed E-state index contributed by atoms with van der Waals surface area (Å²) in [4.78, 5) is 26.4. The van der Waals surface area contributed by atoms with E-state index in [1.807, 2.05) is 18.2 Å². The minimum Gasteiger partial charge on any atom is -0.463 e. The van der Waals surface area contributed by atoms with Crippen LogP contribution in [-0.2, 0) is 16.1 Å². The summed E-state index contributed by atoms with van der Waals surface area (Å²) in [5.41, 5.74) is 2.38. The Kier molecular flexibility index (Phi) is 5.93. The summed E-state index contributed by atoms with van der Waals surface area (Å²) in [6.07, 6.45) is 2.48. The minimum absolute atomic E-state index is 0.205. The van der Waals surface area contributed by atoms with E-state index in [0.29, 0.717) is 36.4 Å². The molecule has 1 aromatic carbocycles. The van der Waals surface area contributed by atoms with E-state index in [-0.39, 0.29) is 18.5 Å².